The maximum atomic E-state index is 13.6. The van der Waals surface area contributed by atoms with Crippen LogP contribution in [0.2, 0.25) is 10.0 Å². The van der Waals surface area contributed by atoms with Crippen LogP contribution in [-0.2, 0) is 58.2 Å². The second-order valence-electron chi connectivity index (χ2n) is 18.8. The Kier molecular flexibility index (Phi) is 18.8. The summed E-state index contributed by atoms with van der Waals surface area (Å²) in [5.41, 5.74) is 5.30. The SMILES string of the molecule is CC(=O)C(CC(=O)Cn1c(=O)cc(-c2ccc(Cl)cc2)n(Cc2ccc(C)cc2)c1=O)Cc1ccccc1.Cc1ccc(Cn2c(-c3ccc(Cl)cc3)cc(=O)n(CC(=O)CC(Cc3ccccc3)C(=O)O)c2=O)cc1. The second kappa shape index (κ2) is 25.8. The molecule has 1 N–H and O–H groups in total. The van der Waals surface area contributed by atoms with Crippen molar-refractivity contribution < 1.29 is 24.3 Å². The molecular formula is C61H56Cl2N4O9. The molecule has 2 atom stereocenters. The van der Waals surface area contributed by atoms with E-state index in [9.17, 15) is 43.5 Å². The molecule has 0 aliphatic carbocycles. The smallest absolute Gasteiger partial charge is 0.332 e. The highest BCUT2D eigenvalue weighted by molar-refractivity contribution is 6.31. The molecule has 0 aliphatic rings. The predicted molar refractivity (Wildman–Crippen MR) is 296 cm³/mol. The van der Waals surface area contributed by atoms with Crippen LogP contribution in [0.15, 0.2) is 189 Å². The van der Waals surface area contributed by atoms with Gasteiger partial charge >= 0.3 is 17.3 Å². The van der Waals surface area contributed by atoms with E-state index in [0.29, 0.717) is 39.0 Å². The number of carbonyl (C=O) groups is 4. The number of ketones is 3. The van der Waals surface area contributed by atoms with E-state index in [1.165, 1.54) is 28.2 Å². The van der Waals surface area contributed by atoms with Crippen molar-refractivity contribution in [3.63, 3.8) is 0 Å². The zero-order chi connectivity index (χ0) is 54.5. The number of carboxylic acids is 1. The summed E-state index contributed by atoms with van der Waals surface area (Å²) in [6.45, 7) is 4.89. The van der Waals surface area contributed by atoms with Gasteiger partial charge in [-0.05, 0) is 91.3 Å². The van der Waals surface area contributed by atoms with E-state index < -0.39 is 59.2 Å². The lowest BCUT2D eigenvalue weighted by Gasteiger charge is -2.17. The molecule has 8 aromatic rings. The van der Waals surface area contributed by atoms with E-state index in [-0.39, 0.29) is 43.9 Å². The molecule has 0 bridgehead atoms. The van der Waals surface area contributed by atoms with Gasteiger partial charge in [0.15, 0.2) is 11.6 Å². The molecule has 0 radical (unpaired) electrons. The minimum absolute atomic E-state index is 0.0486. The Labute approximate surface area is 448 Å². The first kappa shape index (κ1) is 55.5. The number of Topliss-reactive ketones (excluding diaryl/α,β-unsaturated/α-hetero) is 3. The Morgan fingerprint density at radius 1 is 0.461 bits per heavy atom. The third kappa shape index (κ3) is 15.0. The minimum atomic E-state index is -1.11. The molecule has 2 heterocycles. The van der Waals surface area contributed by atoms with Crippen LogP contribution in [-0.4, -0.2) is 46.7 Å². The standard InChI is InChI=1S/C31H29ClN2O4.C30H27ClN2O5/c1-21-8-10-24(11-9-21)19-33-29(25-12-14-27(32)15-13-25)18-30(37)34(31(33)38)20-28(36)17-26(22(2)35)16-23-6-4-3-5-7-23;1-20-7-9-22(10-8-20)18-32-27(23-11-13-25(31)14-12-23)17-28(35)33(30(32)38)19-26(34)16-24(29(36)37)15-21-5-3-2-4-6-21/h3-15,18,26H,16-17,19-20H2,1-2H3;2-14,17,24H,15-16,18-19H2,1H3,(H,36,37). The van der Waals surface area contributed by atoms with E-state index in [1.54, 1.807) is 72.8 Å². The predicted octanol–water partition coefficient (Wildman–Crippen LogP) is 9.68. The van der Waals surface area contributed by atoms with Crippen molar-refractivity contribution in [2.45, 2.75) is 72.6 Å². The number of aromatic nitrogens is 4. The highest BCUT2D eigenvalue weighted by Crippen LogP contribution is 2.23. The van der Waals surface area contributed by atoms with Crippen molar-refractivity contribution in [1.29, 1.82) is 0 Å². The quantitative estimate of drug-likeness (QED) is 0.0779. The van der Waals surface area contributed by atoms with Crippen molar-refractivity contribution in [1.82, 2.24) is 18.3 Å². The van der Waals surface area contributed by atoms with Gasteiger partial charge in [0, 0.05) is 40.9 Å². The van der Waals surface area contributed by atoms with E-state index in [0.717, 1.165) is 42.5 Å². The van der Waals surface area contributed by atoms with Crippen molar-refractivity contribution in [3.8, 4) is 22.5 Å². The summed E-state index contributed by atoms with van der Waals surface area (Å²) < 4.78 is 4.77. The first-order valence-electron chi connectivity index (χ1n) is 24.6. The Hall–Kier alpha value is -8.26. The van der Waals surface area contributed by atoms with Crippen LogP contribution in [0, 0.1) is 25.7 Å². The fourth-order valence-corrected chi connectivity index (χ4v) is 8.99. The molecule has 6 aromatic carbocycles. The highest BCUT2D eigenvalue weighted by Gasteiger charge is 2.25. The number of aliphatic carboxylic acids is 1. The van der Waals surface area contributed by atoms with Crippen LogP contribution >= 0.6 is 23.2 Å². The monoisotopic (exact) mass is 1060 g/mol. The van der Waals surface area contributed by atoms with Gasteiger partial charge < -0.3 is 5.11 Å². The van der Waals surface area contributed by atoms with Gasteiger partial charge in [-0.15, -0.1) is 0 Å². The molecule has 8 rings (SSSR count). The lowest BCUT2D eigenvalue weighted by Crippen LogP contribution is -2.42. The number of carboxylic acid groups (broad SMARTS) is 1. The molecule has 76 heavy (non-hydrogen) atoms. The fraction of sp³-hybridized carbons (Fsp3) is 0.213. The average Bonchev–Trinajstić information content (AvgIpc) is 3.41. The third-order valence-electron chi connectivity index (χ3n) is 13.0. The van der Waals surface area contributed by atoms with Crippen molar-refractivity contribution in [3.05, 3.63) is 255 Å². The fourth-order valence-electron chi connectivity index (χ4n) is 8.74. The first-order valence-corrected chi connectivity index (χ1v) is 25.3. The van der Waals surface area contributed by atoms with E-state index in [4.69, 9.17) is 23.2 Å². The summed E-state index contributed by atoms with van der Waals surface area (Å²) in [5, 5.41) is 10.7. The zero-order valence-electron chi connectivity index (χ0n) is 42.2. The molecular weight excluding hydrogens is 1000 g/mol. The Bertz CT molecular complexity index is 3350. The molecule has 0 fully saturated rings. The Morgan fingerprint density at radius 3 is 1.17 bits per heavy atom. The summed E-state index contributed by atoms with van der Waals surface area (Å²) in [6, 6.07) is 50.3. The summed E-state index contributed by atoms with van der Waals surface area (Å²) >= 11 is 12.1. The number of nitrogens with zero attached hydrogens (tertiary/aromatic N) is 4. The van der Waals surface area contributed by atoms with Gasteiger partial charge in [-0.1, -0.05) is 168 Å². The van der Waals surface area contributed by atoms with Gasteiger partial charge in [-0.3, -0.25) is 47.0 Å². The number of aryl methyl sites for hydroxylation is 2. The maximum Gasteiger partial charge on any atom is 0.332 e. The van der Waals surface area contributed by atoms with Gasteiger partial charge in [0.25, 0.3) is 11.1 Å². The van der Waals surface area contributed by atoms with Crippen LogP contribution in [0.5, 0.6) is 0 Å². The molecule has 0 spiro atoms. The third-order valence-corrected chi connectivity index (χ3v) is 13.5. The molecule has 2 aromatic heterocycles. The topological polar surface area (TPSA) is 177 Å². The Morgan fingerprint density at radius 2 is 0.816 bits per heavy atom. The largest absolute Gasteiger partial charge is 0.481 e. The highest BCUT2D eigenvalue weighted by atomic mass is 35.5. The van der Waals surface area contributed by atoms with Gasteiger partial charge in [-0.2, -0.15) is 0 Å². The van der Waals surface area contributed by atoms with Crippen LogP contribution < -0.4 is 22.5 Å². The van der Waals surface area contributed by atoms with Crippen molar-refractivity contribution in [2.24, 2.45) is 11.8 Å². The first-order chi connectivity index (χ1) is 36.4. The van der Waals surface area contributed by atoms with Crippen molar-refractivity contribution in [2.75, 3.05) is 0 Å². The van der Waals surface area contributed by atoms with E-state index in [2.05, 4.69) is 0 Å². The van der Waals surface area contributed by atoms with Crippen molar-refractivity contribution >= 4 is 46.5 Å². The maximum absolute atomic E-state index is 13.6. The molecule has 13 nitrogen and oxygen atoms in total. The van der Waals surface area contributed by atoms with Crippen LogP contribution in [0.25, 0.3) is 22.5 Å². The number of halogens is 2. The number of hydrogen-bond donors (Lipinski definition) is 1. The molecule has 388 valence electrons. The van der Waals surface area contributed by atoms with Gasteiger partial charge in [-0.25, -0.2) is 9.59 Å². The molecule has 0 amide bonds. The number of benzene rings is 6. The van der Waals surface area contributed by atoms with Gasteiger partial charge in [0.2, 0.25) is 0 Å². The normalized spacial score (nSPS) is 11.8. The lowest BCUT2D eigenvalue weighted by atomic mass is 9.91. The molecule has 15 heteroatoms. The summed E-state index contributed by atoms with van der Waals surface area (Å²) in [6.07, 6.45) is 0.244. The van der Waals surface area contributed by atoms with E-state index in [1.807, 2.05) is 98.8 Å². The Balaban J connectivity index is 0.000000221. The summed E-state index contributed by atoms with van der Waals surface area (Å²) in [4.78, 5) is 104. The molecule has 0 saturated heterocycles. The molecule has 0 saturated carbocycles. The van der Waals surface area contributed by atoms with Gasteiger partial charge in [0.05, 0.1) is 43.5 Å². The summed E-state index contributed by atoms with van der Waals surface area (Å²) in [7, 11) is 0. The van der Waals surface area contributed by atoms with E-state index >= 15 is 0 Å². The minimum Gasteiger partial charge on any atom is -0.481 e. The summed E-state index contributed by atoms with van der Waals surface area (Å²) in [5.74, 6) is -3.56. The number of carbonyl (C=O) groups excluding carboxylic acids is 3. The molecule has 2 unspecified atom stereocenters. The zero-order valence-corrected chi connectivity index (χ0v) is 43.7. The number of rotatable bonds is 20. The van der Waals surface area contributed by atoms with Crippen LogP contribution in [0.4, 0.5) is 0 Å². The second-order valence-corrected chi connectivity index (χ2v) is 19.7. The molecule has 0 aliphatic heterocycles. The lowest BCUT2D eigenvalue weighted by molar-refractivity contribution is -0.143. The van der Waals surface area contributed by atoms with Crippen LogP contribution in [0.1, 0.15) is 53.1 Å². The van der Waals surface area contributed by atoms with Crippen LogP contribution in [0.3, 0.4) is 0 Å². The average molecular weight is 1060 g/mol. The number of hydrogen-bond acceptors (Lipinski definition) is 8. The van der Waals surface area contributed by atoms with Gasteiger partial charge in [0.1, 0.15) is 5.78 Å².